The van der Waals surface area contributed by atoms with Crippen LogP contribution >= 0.6 is 22.9 Å². The average molecular weight is 296 g/mol. The van der Waals surface area contributed by atoms with Crippen LogP contribution in [0.1, 0.15) is 15.2 Å². The smallest absolute Gasteiger partial charge is 0.255 e. The summed E-state index contributed by atoms with van der Waals surface area (Å²) in [6.45, 7) is 0.599. The van der Waals surface area contributed by atoms with Crippen molar-refractivity contribution in [1.29, 1.82) is 0 Å². The van der Waals surface area contributed by atoms with Crippen molar-refractivity contribution in [2.24, 2.45) is 0 Å². The molecule has 0 aliphatic heterocycles. The van der Waals surface area contributed by atoms with Crippen LogP contribution in [0.15, 0.2) is 30.5 Å². The lowest BCUT2D eigenvalue weighted by Crippen LogP contribution is -2.22. The van der Waals surface area contributed by atoms with Gasteiger partial charge >= 0.3 is 0 Å². The topological polar surface area (TPSA) is 45.2 Å². The van der Waals surface area contributed by atoms with Gasteiger partial charge < -0.3 is 10.2 Å². The van der Waals surface area contributed by atoms with Crippen LogP contribution in [0.25, 0.3) is 0 Å². The monoisotopic (exact) mass is 295 g/mol. The highest BCUT2D eigenvalue weighted by Crippen LogP contribution is 2.21. The van der Waals surface area contributed by atoms with Gasteiger partial charge in [0.1, 0.15) is 0 Å². The van der Waals surface area contributed by atoms with Crippen molar-refractivity contribution in [1.82, 2.24) is 9.88 Å². The molecule has 0 saturated carbocycles. The Morgan fingerprint density at radius 2 is 2.16 bits per heavy atom. The number of benzene rings is 1. The quantitative estimate of drug-likeness (QED) is 0.942. The van der Waals surface area contributed by atoms with Crippen molar-refractivity contribution >= 4 is 34.5 Å². The van der Waals surface area contributed by atoms with E-state index in [0.717, 1.165) is 10.6 Å². The van der Waals surface area contributed by atoms with Crippen molar-refractivity contribution in [3.8, 4) is 0 Å². The van der Waals surface area contributed by atoms with Gasteiger partial charge in [-0.2, -0.15) is 0 Å². The maximum absolute atomic E-state index is 12.0. The van der Waals surface area contributed by atoms with Crippen molar-refractivity contribution < 1.29 is 4.79 Å². The highest BCUT2D eigenvalue weighted by molar-refractivity contribution is 7.15. The van der Waals surface area contributed by atoms with Crippen molar-refractivity contribution in [3.63, 3.8) is 0 Å². The SMILES string of the molecule is CN(C)C(=O)c1ccccc1NCc1cnc(Cl)s1. The van der Waals surface area contributed by atoms with Crippen LogP contribution in [0.3, 0.4) is 0 Å². The molecular formula is C13H14ClN3OS. The number of anilines is 1. The first-order valence-electron chi connectivity index (χ1n) is 5.72. The zero-order valence-corrected chi connectivity index (χ0v) is 12.3. The van der Waals surface area contributed by atoms with Gasteiger partial charge in [0.15, 0.2) is 4.47 Å². The normalized spacial score (nSPS) is 10.3. The summed E-state index contributed by atoms with van der Waals surface area (Å²) < 4.78 is 0.523. The molecule has 1 heterocycles. The Balaban J connectivity index is 2.14. The summed E-state index contributed by atoms with van der Waals surface area (Å²) in [5.41, 5.74) is 1.47. The number of para-hydroxylation sites is 1. The summed E-state index contributed by atoms with van der Waals surface area (Å²) in [4.78, 5) is 18.6. The van der Waals surface area contributed by atoms with E-state index in [9.17, 15) is 4.79 Å². The number of halogens is 1. The number of carbonyl (C=O) groups excluding carboxylic acids is 1. The van der Waals surface area contributed by atoms with Gasteiger partial charge in [0, 0.05) is 30.9 Å². The van der Waals surface area contributed by atoms with E-state index in [4.69, 9.17) is 11.6 Å². The number of hydrogen-bond donors (Lipinski definition) is 1. The van der Waals surface area contributed by atoms with Crippen LogP contribution < -0.4 is 5.32 Å². The molecule has 4 nitrogen and oxygen atoms in total. The second-order valence-corrected chi connectivity index (χ2v) is 5.88. The van der Waals surface area contributed by atoms with E-state index in [1.54, 1.807) is 25.2 Å². The summed E-state index contributed by atoms with van der Waals surface area (Å²) in [6.07, 6.45) is 1.73. The Morgan fingerprint density at radius 1 is 1.42 bits per heavy atom. The maximum atomic E-state index is 12.0. The molecule has 0 unspecified atom stereocenters. The van der Waals surface area contributed by atoms with Crippen LogP contribution in [0.5, 0.6) is 0 Å². The van der Waals surface area contributed by atoms with Crippen molar-refractivity contribution in [2.75, 3.05) is 19.4 Å². The number of rotatable bonds is 4. The largest absolute Gasteiger partial charge is 0.379 e. The van der Waals surface area contributed by atoms with Crippen molar-refractivity contribution in [3.05, 3.63) is 45.4 Å². The standard InChI is InChI=1S/C13H14ClN3OS/c1-17(2)12(18)10-5-3-4-6-11(10)15-7-9-8-16-13(14)19-9/h3-6,8,15H,7H2,1-2H3. The van der Waals surface area contributed by atoms with Gasteiger partial charge in [-0.1, -0.05) is 23.7 Å². The summed E-state index contributed by atoms with van der Waals surface area (Å²) in [7, 11) is 3.48. The van der Waals surface area contributed by atoms with Gasteiger partial charge in [0.05, 0.1) is 12.1 Å². The molecule has 0 fully saturated rings. The molecule has 0 saturated heterocycles. The molecule has 0 radical (unpaired) electrons. The van der Waals surface area contributed by atoms with Gasteiger partial charge in [0.25, 0.3) is 5.91 Å². The predicted octanol–water partition coefficient (Wildman–Crippen LogP) is 3.11. The molecule has 6 heteroatoms. The lowest BCUT2D eigenvalue weighted by atomic mass is 10.1. The number of aromatic nitrogens is 1. The van der Waals surface area contributed by atoms with E-state index >= 15 is 0 Å². The van der Waals surface area contributed by atoms with E-state index < -0.39 is 0 Å². The lowest BCUT2D eigenvalue weighted by molar-refractivity contribution is 0.0828. The van der Waals surface area contributed by atoms with E-state index in [-0.39, 0.29) is 5.91 Å². The highest BCUT2D eigenvalue weighted by atomic mass is 35.5. The minimum atomic E-state index is -0.0227. The molecule has 19 heavy (non-hydrogen) atoms. The second-order valence-electron chi connectivity index (χ2n) is 4.18. The molecule has 1 N–H and O–H groups in total. The molecule has 2 rings (SSSR count). The molecule has 100 valence electrons. The Labute approximate surface area is 121 Å². The molecule has 0 atom stereocenters. The van der Waals surface area contributed by atoms with E-state index in [0.29, 0.717) is 16.6 Å². The maximum Gasteiger partial charge on any atom is 0.255 e. The van der Waals surface area contributed by atoms with Crippen LogP contribution in [-0.4, -0.2) is 29.9 Å². The minimum Gasteiger partial charge on any atom is -0.379 e. The lowest BCUT2D eigenvalue weighted by Gasteiger charge is -2.14. The van der Waals surface area contributed by atoms with Crippen LogP contribution in [-0.2, 0) is 6.54 Å². The summed E-state index contributed by atoms with van der Waals surface area (Å²) in [5, 5.41) is 3.24. The highest BCUT2D eigenvalue weighted by Gasteiger charge is 2.12. The number of hydrogen-bond acceptors (Lipinski definition) is 4. The third-order valence-electron chi connectivity index (χ3n) is 2.54. The molecule has 0 bridgehead atoms. The number of amides is 1. The number of thiazole rings is 1. The molecular weight excluding hydrogens is 282 g/mol. The average Bonchev–Trinajstić information content (AvgIpc) is 2.81. The zero-order valence-electron chi connectivity index (χ0n) is 10.7. The van der Waals surface area contributed by atoms with Crippen LogP contribution in [0.4, 0.5) is 5.69 Å². The third-order valence-corrected chi connectivity index (χ3v) is 3.66. The minimum absolute atomic E-state index is 0.0227. The second kappa shape index (κ2) is 6.04. The number of nitrogens with zero attached hydrogens (tertiary/aromatic N) is 2. The molecule has 0 aliphatic rings. The molecule has 0 spiro atoms. The molecule has 1 aromatic heterocycles. The van der Waals surface area contributed by atoms with Crippen molar-refractivity contribution in [2.45, 2.75) is 6.54 Å². The number of carbonyl (C=O) groups is 1. The molecule has 1 amide bonds. The Bertz CT molecular complexity index is 583. The van der Waals surface area contributed by atoms with E-state index in [2.05, 4.69) is 10.3 Å². The van der Waals surface area contributed by atoms with Gasteiger partial charge in [0.2, 0.25) is 0 Å². The first-order valence-corrected chi connectivity index (χ1v) is 6.92. The Kier molecular flexibility index (Phi) is 4.39. The fraction of sp³-hybridized carbons (Fsp3) is 0.231. The van der Waals surface area contributed by atoms with Gasteiger partial charge in [-0.3, -0.25) is 4.79 Å². The van der Waals surface area contributed by atoms with Crippen LogP contribution in [0, 0.1) is 0 Å². The fourth-order valence-electron chi connectivity index (χ4n) is 1.61. The predicted molar refractivity (Wildman–Crippen MR) is 78.9 cm³/mol. The summed E-state index contributed by atoms with van der Waals surface area (Å²) in [5.74, 6) is -0.0227. The summed E-state index contributed by atoms with van der Waals surface area (Å²) in [6, 6.07) is 7.45. The van der Waals surface area contributed by atoms with Crippen LogP contribution in [0.2, 0.25) is 4.47 Å². The van der Waals surface area contributed by atoms with E-state index in [1.807, 2.05) is 24.3 Å². The zero-order chi connectivity index (χ0) is 13.8. The molecule has 2 aromatic rings. The van der Waals surface area contributed by atoms with Gasteiger partial charge in [-0.15, -0.1) is 11.3 Å². The Hall–Kier alpha value is -1.59. The first kappa shape index (κ1) is 13.8. The fourth-order valence-corrected chi connectivity index (χ4v) is 2.53. The molecule has 0 aliphatic carbocycles. The van der Waals surface area contributed by atoms with Gasteiger partial charge in [-0.25, -0.2) is 4.98 Å². The summed E-state index contributed by atoms with van der Waals surface area (Å²) >= 11 is 7.21. The Morgan fingerprint density at radius 3 is 2.79 bits per heavy atom. The van der Waals surface area contributed by atoms with Gasteiger partial charge in [-0.05, 0) is 12.1 Å². The number of nitrogens with one attached hydrogen (secondary N) is 1. The van der Waals surface area contributed by atoms with E-state index in [1.165, 1.54) is 11.3 Å². The third kappa shape index (κ3) is 3.45. The first-order chi connectivity index (χ1) is 9.08. The molecule has 1 aromatic carbocycles.